The van der Waals surface area contributed by atoms with Crippen LogP contribution < -0.4 is 10.0 Å². The van der Waals surface area contributed by atoms with Crippen LogP contribution in [0.15, 0.2) is 33.9 Å². The first-order valence-electron chi connectivity index (χ1n) is 5.59. The molecule has 0 fully saturated rings. The van der Waals surface area contributed by atoms with E-state index < -0.39 is 10.0 Å². The fourth-order valence-electron chi connectivity index (χ4n) is 1.61. The van der Waals surface area contributed by atoms with Crippen molar-refractivity contribution in [1.82, 2.24) is 15.5 Å². The van der Waals surface area contributed by atoms with Gasteiger partial charge in [0, 0.05) is 16.6 Å². The molecule has 0 aliphatic rings. The Hall–Kier alpha value is -1.09. The van der Waals surface area contributed by atoms with Gasteiger partial charge in [-0.3, -0.25) is 9.82 Å². The maximum atomic E-state index is 12.3. The second kappa shape index (κ2) is 6.13. The van der Waals surface area contributed by atoms with Crippen molar-refractivity contribution in [2.75, 3.05) is 11.8 Å². The molecule has 0 atom stereocenters. The van der Waals surface area contributed by atoms with Crippen LogP contribution in [-0.2, 0) is 16.6 Å². The van der Waals surface area contributed by atoms with Gasteiger partial charge in [-0.2, -0.15) is 13.5 Å². The third-order valence-corrected chi connectivity index (χ3v) is 5.11. The van der Waals surface area contributed by atoms with E-state index in [0.717, 1.165) is 0 Å². The quantitative estimate of drug-likeness (QED) is 0.744. The molecule has 1 aromatic heterocycles. The number of benzene rings is 1. The van der Waals surface area contributed by atoms with Crippen LogP contribution in [0.4, 0.5) is 5.69 Å². The topological polar surface area (TPSA) is 86.9 Å². The lowest BCUT2D eigenvalue weighted by molar-refractivity contribution is 0.595. The maximum absolute atomic E-state index is 12.3. The molecule has 0 aliphatic heterocycles. The molecule has 0 spiro atoms. The molecule has 0 aliphatic carbocycles. The van der Waals surface area contributed by atoms with E-state index in [1.165, 1.54) is 12.3 Å². The predicted octanol–water partition coefficient (Wildman–Crippen LogP) is 2.35. The van der Waals surface area contributed by atoms with Gasteiger partial charge in [0.15, 0.2) is 5.03 Å². The average Bonchev–Trinajstić information content (AvgIpc) is 2.83. The van der Waals surface area contributed by atoms with Crippen molar-refractivity contribution in [2.45, 2.75) is 11.6 Å². The standard InChI is InChI=1S/C11H12BrClN4O2S/c1-14-5-7-6-15-16-11(7)20(18,19)17-8-2-3-9(12)10(13)4-8/h2-4,6,14,17H,5H2,1H3,(H,15,16). The van der Waals surface area contributed by atoms with Gasteiger partial charge in [-0.05, 0) is 41.2 Å². The van der Waals surface area contributed by atoms with Crippen LogP contribution in [0, 0.1) is 0 Å². The summed E-state index contributed by atoms with van der Waals surface area (Å²) in [6, 6.07) is 4.81. The molecule has 2 rings (SSSR count). The molecule has 3 N–H and O–H groups in total. The molecule has 9 heteroatoms. The summed E-state index contributed by atoms with van der Waals surface area (Å²) in [6.07, 6.45) is 1.47. The first kappa shape index (κ1) is 15.3. The van der Waals surface area contributed by atoms with Crippen LogP contribution in [0.5, 0.6) is 0 Å². The van der Waals surface area contributed by atoms with Crippen LogP contribution in [0.3, 0.4) is 0 Å². The predicted molar refractivity (Wildman–Crippen MR) is 81.3 cm³/mol. The highest BCUT2D eigenvalue weighted by Crippen LogP contribution is 2.27. The highest BCUT2D eigenvalue weighted by Gasteiger charge is 2.20. The molecule has 2 aromatic rings. The van der Waals surface area contributed by atoms with Crippen LogP contribution in [0.2, 0.25) is 5.02 Å². The van der Waals surface area contributed by atoms with E-state index in [4.69, 9.17) is 11.6 Å². The number of halogens is 2. The fourth-order valence-corrected chi connectivity index (χ4v) is 3.22. The van der Waals surface area contributed by atoms with Crippen molar-refractivity contribution < 1.29 is 8.42 Å². The van der Waals surface area contributed by atoms with E-state index in [0.29, 0.717) is 27.3 Å². The number of sulfonamides is 1. The minimum Gasteiger partial charge on any atom is -0.316 e. The number of aromatic nitrogens is 2. The summed E-state index contributed by atoms with van der Waals surface area (Å²) in [6.45, 7) is 0.397. The van der Waals surface area contributed by atoms with E-state index in [-0.39, 0.29) is 5.03 Å². The lowest BCUT2D eigenvalue weighted by Gasteiger charge is -2.09. The van der Waals surface area contributed by atoms with E-state index in [9.17, 15) is 8.42 Å². The Morgan fingerprint density at radius 2 is 2.20 bits per heavy atom. The number of nitrogens with one attached hydrogen (secondary N) is 3. The zero-order valence-electron chi connectivity index (χ0n) is 10.4. The van der Waals surface area contributed by atoms with E-state index in [2.05, 4.69) is 36.2 Å². The minimum absolute atomic E-state index is 0.0332. The highest BCUT2D eigenvalue weighted by molar-refractivity contribution is 9.10. The number of H-pyrrole nitrogens is 1. The van der Waals surface area contributed by atoms with Gasteiger partial charge < -0.3 is 5.32 Å². The molecular weight excluding hydrogens is 368 g/mol. The van der Waals surface area contributed by atoms with Gasteiger partial charge in [-0.15, -0.1) is 0 Å². The first-order chi connectivity index (χ1) is 9.44. The molecule has 1 heterocycles. The molecule has 0 saturated carbocycles. The van der Waals surface area contributed by atoms with Gasteiger partial charge in [0.1, 0.15) is 0 Å². The number of hydrogen-bond acceptors (Lipinski definition) is 4. The summed E-state index contributed by atoms with van der Waals surface area (Å²) < 4.78 is 27.7. The summed E-state index contributed by atoms with van der Waals surface area (Å²) in [7, 11) is -2.01. The molecule has 0 radical (unpaired) electrons. The van der Waals surface area contributed by atoms with E-state index in [1.54, 1.807) is 19.2 Å². The molecular formula is C11H12BrClN4O2S. The molecule has 20 heavy (non-hydrogen) atoms. The first-order valence-corrected chi connectivity index (χ1v) is 8.24. The van der Waals surface area contributed by atoms with Crippen molar-refractivity contribution in [3.8, 4) is 0 Å². The Balaban J connectivity index is 2.30. The third-order valence-electron chi connectivity index (χ3n) is 2.49. The Kier molecular flexibility index (Phi) is 4.69. The lowest BCUT2D eigenvalue weighted by atomic mass is 10.3. The summed E-state index contributed by atoms with van der Waals surface area (Å²) in [4.78, 5) is 0. The van der Waals surface area contributed by atoms with Crippen molar-refractivity contribution in [2.24, 2.45) is 0 Å². The summed E-state index contributed by atoms with van der Waals surface area (Å²) in [5.41, 5.74) is 0.936. The number of nitrogens with zero attached hydrogens (tertiary/aromatic N) is 1. The summed E-state index contributed by atoms with van der Waals surface area (Å²) in [5.74, 6) is 0. The van der Waals surface area contributed by atoms with Crippen molar-refractivity contribution in [1.29, 1.82) is 0 Å². The monoisotopic (exact) mass is 378 g/mol. The number of hydrogen-bond donors (Lipinski definition) is 3. The van der Waals surface area contributed by atoms with Crippen LogP contribution in [0.1, 0.15) is 5.56 Å². The summed E-state index contributed by atoms with van der Waals surface area (Å²) >= 11 is 9.18. The lowest BCUT2D eigenvalue weighted by Crippen LogP contribution is -2.17. The molecule has 6 nitrogen and oxygen atoms in total. The average molecular weight is 380 g/mol. The fraction of sp³-hybridized carbons (Fsp3) is 0.182. The smallest absolute Gasteiger partial charge is 0.279 e. The van der Waals surface area contributed by atoms with Crippen molar-refractivity contribution in [3.63, 3.8) is 0 Å². The minimum atomic E-state index is -3.73. The van der Waals surface area contributed by atoms with Gasteiger partial charge in [0.2, 0.25) is 0 Å². The molecule has 0 saturated heterocycles. The Bertz CT molecular complexity index is 717. The zero-order chi connectivity index (χ0) is 14.8. The third kappa shape index (κ3) is 3.32. The molecule has 0 unspecified atom stereocenters. The van der Waals surface area contributed by atoms with Crippen LogP contribution >= 0.6 is 27.5 Å². The highest BCUT2D eigenvalue weighted by atomic mass is 79.9. The van der Waals surface area contributed by atoms with Gasteiger partial charge >= 0.3 is 0 Å². The van der Waals surface area contributed by atoms with Gasteiger partial charge in [0.05, 0.1) is 16.9 Å². The van der Waals surface area contributed by atoms with E-state index in [1.807, 2.05) is 0 Å². The van der Waals surface area contributed by atoms with Gasteiger partial charge in [0.25, 0.3) is 10.0 Å². The number of aromatic amines is 1. The van der Waals surface area contributed by atoms with Gasteiger partial charge in [-0.1, -0.05) is 11.6 Å². The number of rotatable bonds is 5. The van der Waals surface area contributed by atoms with Crippen LogP contribution in [0.25, 0.3) is 0 Å². The van der Waals surface area contributed by atoms with Crippen molar-refractivity contribution >= 4 is 43.2 Å². The maximum Gasteiger partial charge on any atom is 0.279 e. The van der Waals surface area contributed by atoms with Gasteiger partial charge in [-0.25, -0.2) is 0 Å². The molecule has 0 amide bonds. The zero-order valence-corrected chi connectivity index (χ0v) is 13.6. The summed E-state index contributed by atoms with van der Waals surface area (Å²) in [5, 5.41) is 9.60. The normalized spacial score (nSPS) is 11.6. The second-order valence-corrected chi connectivity index (χ2v) is 6.87. The molecule has 1 aromatic carbocycles. The largest absolute Gasteiger partial charge is 0.316 e. The molecule has 108 valence electrons. The Labute approximate surface area is 130 Å². The molecule has 0 bridgehead atoms. The SMILES string of the molecule is CNCc1cn[nH]c1S(=O)(=O)Nc1ccc(Br)c(Cl)c1. The van der Waals surface area contributed by atoms with Crippen LogP contribution in [-0.4, -0.2) is 25.7 Å². The number of anilines is 1. The Morgan fingerprint density at radius 3 is 2.85 bits per heavy atom. The van der Waals surface area contributed by atoms with E-state index >= 15 is 0 Å². The van der Waals surface area contributed by atoms with Crippen molar-refractivity contribution in [3.05, 3.63) is 39.5 Å². The Morgan fingerprint density at radius 1 is 1.45 bits per heavy atom. The second-order valence-electron chi connectivity index (χ2n) is 3.99.